The fourth-order valence-corrected chi connectivity index (χ4v) is 1.84. The minimum absolute atomic E-state index is 0.138. The lowest BCUT2D eigenvalue weighted by Crippen LogP contribution is -2.01. The highest BCUT2D eigenvalue weighted by atomic mass is 19.1. The Balaban J connectivity index is 2.22. The fourth-order valence-electron chi connectivity index (χ4n) is 1.84. The van der Waals surface area contributed by atoms with Gasteiger partial charge < -0.3 is 9.47 Å². The van der Waals surface area contributed by atoms with Gasteiger partial charge in [-0.25, -0.2) is 4.39 Å². The number of methoxy groups -OCH3 is 1. The summed E-state index contributed by atoms with van der Waals surface area (Å²) in [6, 6.07) is 11.8. The molecule has 102 valence electrons. The quantitative estimate of drug-likeness (QED) is 0.853. The SMILES string of the molecule is COc1ccc(C#N)cc1COc1cc(C)ccc1F. The number of nitrogens with zero attached hydrogens (tertiary/aromatic N) is 1. The van der Waals surface area contributed by atoms with Crippen molar-refractivity contribution in [3.05, 3.63) is 58.9 Å². The number of ether oxygens (including phenoxy) is 2. The summed E-state index contributed by atoms with van der Waals surface area (Å²) < 4.78 is 24.3. The van der Waals surface area contributed by atoms with Gasteiger partial charge in [-0.2, -0.15) is 5.26 Å². The van der Waals surface area contributed by atoms with E-state index in [4.69, 9.17) is 14.7 Å². The molecule has 0 saturated heterocycles. The van der Waals surface area contributed by atoms with Crippen LogP contribution in [-0.2, 0) is 6.61 Å². The van der Waals surface area contributed by atoms with Crippen molar-refractivity contribution in [2.75, 3.05) is 7.11 Å². The van der Waals surface area contributed by atoms with Gasteiger partial charge in [0.05, 0.1) is 18.7 Å². The summed E-state index contributed by atoms with van der Waals surface area (Å²) in [5.74, 6) is 0.387. The fraction of sp³-hybridized carbons (Fsp3) is 0.188. The number of hydrogen-bond acceptors (Lipinski definition) is 3. The van der Waals surface area contributed by atoms with E-state index in [1.165, 1.54) is 13.2 Å². The van der Waals surface area contributed by atoms with Crippen LogP contribution in [0.1, 0.15) is 16.7 Å². The first-order valence-corrected chi connectivity index (χ1v) is 6.10. The zero-order valence-corrected chi connectivity index (χ0v) is 11.3. The van der Waals surface area contributed by atoms with Crippen molar-refractivity contribution in [1.82, 2.24) is 0 Å². The highest BCUT2D eigenvalue weighted by Crippen LogP contribution is 2.24. The normalized spacial score (nSPS) is 9.90. The minimum Gasteiger partial charge on any atom is -0.496 e. The maximum atomic E-state index is 13.6. The molecule has 0 bridgehead atoms. The molecule has 20 heavy (non-hydrogen) atoms. The Bertz CT molecular complexity index is 662. The van der Waals surface area contributed by atoms with Gasteiger partial charge in [0, 0.05) is 5.56 Å². The van der Waals surface area contributed by atoms with Crippen LogP contribution in [0.2, 0.25) is 0 Å². The van der Waals surface area contributed by atoms with Gasteiger partial charge in [0.1, 0.15) is 12.4 Å². The second kappa shape index (κ2) is 6.07. The van der Waals surface area contributed by atoms with Crippen LogP contribution in [-0.4, -0.2) is 7.11 Å². The molecule has 0 spiro atoms. The highest BCUT2D eigenvalue weighted by Gasteiger charge is 2.08. The molecule has 4 heteroatoms. The van der Waals surface area contributed by atoms with E-state index in [2.05, 4.69) is 6.07 Å². The summed E-state index contributed by atoms with van der Waals surface area (Å²) in [4.78, 5) is 0. The third-order valence-electron chi connectivity index (χ3n) is 2.88. The van der Waals surface area contributed by atoms with E-state index in [0.717, 1.165) is 5.56 Å². The van der Waals surface area contributed by atoms with Crippen LogP contribution >= 0.6 is 0 Å². The van der Waals surface area contributed by atoms with E-state index in [9.17, 15) is 4.39 Å². The van der Waals surface area contributed by atoms with Gasteiger partial charge in [0.2, 0.25) is 0 Å². The van der Waals surface area contributed by atoms with Crippen molar-refractivity contribution in [3.63, 3.8) is 0 Å². The molecule has 0 aliphatic heterocycles. The zero-order valence-electron chi connectivity index (χ0n) is 11.3. The summed E-state index contributed by atoms with van der Waals surface area (Å²) in [5, 5.41) is 8.90. The molecular weight excluding hydrogens is 257 g/mol. The number of halogens is 1. The Labute approximate surface area is 117 Å². The molecule has 0 unspecified atom stereocenters. The predicted molar refractivity (Wildman–Crippen MR) is 73.2 cm³/mol. The van der Waals surface area contributed by atoms with Crippen LogP contribution in [0.25, 0.3) is 0 Å². The van der Waals surface area contributed by atoms with E-state index < -0.39 is 5.82 Å². The van der Waals surface area contributed by atoms with Gasteiger partial charge in [0.15, 0.2) is 11.6 Å². The van der Waals surface area contributed by atoms with E-state index >= 15 is 0 Å². The van der Waals surface area contributed by atoms with Crippen molar-refractivity contribution < 1.29 is 13.9 Å². The molecule has 0 atom stereocenters. The topological polar surface area (TPSA) is 42.2 Å². The summed E-state index contributed by atoms with van der Waals surface area (Å²) in [7, 11) is 1.54. The van der Waals surface area contributed by atoms with Crippen LogP contribution in [0.4, 0.5) is 4.39 Å². The largest absolute Gasteiger partial charge is 0.496 e. The van der Waals surface area contributed by atoms with Crippen LogP contribution in [0.3, 0.4) is 0 Å². The second-order valence-electron chi connectivity index (χ2n) is 4.36. The van der Waals surface area contributed by atoms with Gasteiger partial charge in [-0.3, -0.25) is 0 Å². The Morgan fingerprint density at radius 2 is 1.95 bits per heavy atom. The first-order valence-electron chi connectivity index (χ1n) is 6.10. The van der Waals surface area contributed by atoms with Gasteiger partial charge in [-0.05, 0) is 42.8 Å². The maximum absolute atomic E-state index is 13.6. The highest BCUT2D eigenvalue weighted by molar-refractivity contribution is 5.42. The number of rotatable bonds is 4. The van der Waals surface area contributed by atoms with Crippen LogP contribution in [0, 0.1) is 24.1 Å². The van der Waals surface area contributed by atoms with Crippen LogP contribution < -0.4 is 9.47 Å². The number of benzene rings is 2. The molecule has 0 radical (unpaired) electrons. The first-order chi connectivity index (χ1) is 9.63. The monoisotopic (exact) mass is 271 g/mol. The molecule has 0 aliphatic rings. The summed E-state index contributed by atoms with van der Waals surface area (Å²) in [6.45, 7) is 2.00. The average molecular weight is 271 g/mol. The van der Waals surface area contributed by atoms with Crippen LogP contribution in [0.15, 0.2) is 36.4 Å². The molecule has 0 N–H and O–H groups in total. The third-order valence-corrected chi connectivity index (χ3v) is 2.88. The first kappa shape index (κ1) is 13.9. The van der Waals surface area contributed by atoms with Crippen molar-refractivity contribution >= 4 is 0 Å². The number of hydrogen-bond donors (Lipinski definition) is 0. The second-order valence-corrected chi connectivity index (χ2v) is 4.36. The van der Waals surface area contributed by atoms with Crippen molar-refractivity contribution in [2.24, 2.45) is 0 Å². The minimum atomic E-state index is -0.411. The molecular formula is C16H14FNO2. The Kier molecular flexibility index (Phi) is 4.21. The third kappa shape index (κ3) is 3.07. The predicted octanol–water partition coefficient (Wildman–Crippen LogP) is 3.59. The molecule has 3 nitrogen and oxygen atoms in total. The molecule has 2 aromatic rings. The van der Waals surface area contributed by atoms with Gasteiger partial charge >= 0.3 is 0 Å². The van der Waals surface area contributed by atoms with Crippen molar-refractivity contribution in [3.8, 4) is 17.6 Å². The summed E-state index contributed by atoms with van der Waals surface area (Å²) in [5.41, 5.74) is 2.13. The molecule has 0 heterocycles. The molecule has 0 aliphatic carbocycles. The maximum Gasteiger partial charge on any atom is 0.165 e. The zero-order chi connectivity index (χ0) is 14.5. The lowest BCUT2D eigenvalue weighted by atomic mass is 10.1. The Morgan fingerprint density at radius 3 is 2.65 bits per heavy atom. The van der Waals surface area contributed by atoms with E-state index in [-0.39, 0.29) is 12.4 Å². The standard InChI is InChI=1S/C16H14FNO2/c1-11-3-5-14(17)16(7-11)20-10-13-8-12(9-18)4-6-15(13)19-2/h3-8H,10H2,1-2H3. The lowest BCUT2D eigenvalue weighted by molar-refractivity contribution is 0.282. The smallest absolute Gasteiger partial charge is 0.165 e. The Morgan fingerprint density at radius 1 is 1.15 bits per heavy atom. The number of aryl methyl sites for hydroxylation is 1. The summed E-state index contributed by atoms with van der Waals surface area (Å²) >= 11 is 0. The lowest BCUT2D eigenvalue weighted by Gasteiger charge is -2.11. The van der Waals surface area contributed by atoms with Gasteiger partial charge in [-0.15, -0.1) is 0 Å². The molecule has 0 saturated carbocycles. The van der Waals surface area contributed by atoms with Crippen molar-refractivity contribution in [1.29, 1.82) is 5.26 Å². The van der Waals surface area contributed by atoms with E-state index in [1.54, 1.807) is 30.3 Å². The summed E-state index contributed by atoms with van der Waals surface area (Å²) in [6.07, 6.45) is 0. The van der Waals surface area contributed by atoms with Gasteiger partial charge in [0.25, 0.3) is 0 Å². The Hall–Kier alpha value is -2.54. The van der Waals surface area contributed by atoms with E-state index in [0.29, 0.717) is 16.9 Å². The van der Waals surface area contributed by atoms with E-state index in [1.807, 2.05) is 6.92 Å². The number of nitriles is 1. The molecule has 0 aromatic heterocycles. The molecule has 0 amide bonds. The van der Waals surface area contributed by atoms with Crippen molar-refractivity contribution in [2.45, 2.75) is 13.5 Å². The van der Waals surface area contributed by atoms with Gasteiger partial charge in [-0.1, -0.05) is 6.07 Å². The van der Waals surface area contributed by atoms with Crippen LogP contribution in [0.5, 0.6) is 11.5 Å². The average Bonchev–Trinajstić information content (AvgIpc) is 2.47. The molecule has 2 rings (SSSR count). The molecule has 2 aromatic carbocycles. The molecule has 0 fully saturated rings.